The first kappa shape index (κ1) is 21.3. The zero-order valence-electron chi connectivity index (χ0n) is 17.0. The Kier molecular flexibility index (Phi) is 6.78. The van der Waals surface area contributed by atoms with Crippen LogP contribution in [0.3, 0.4) is 0 Å². The Labute approximate surface area is 169 Å². The summed E-state index contributed by atoms with van der Waals surface area (Å²) in [5.74, 6) is 0.509. The number of benzene rings is 1. The Morgan fingerprint density at radius 1 is 1.14 bits per heavy atom. The maximum Gasteiger partial charge on any atom is 0.243 e. The second kappa shape index (κ2) is 8.93. The largest absolute Gasteiger partial charge is 0.349 e. The van der Waals surface area contributed by atoms with Crippen molar-refractivity contribution >= 4 is 15.9 Å². The summed E-state index contributed by atoms with van der Waals surface area (Å²) in [6.45, 7) is 1.07. The van der Waals surface area contributed by atoms with Crippen LogP contribution in [-0.2, 0) is 21.4 Å². The maximum absolute atomic E-state index is 13.4. The summed E-state index contributed by atoms with van der Waals surface area (Å²) in [7, 11) is -0.159. The molecule has 1 aliphatic heterocycles. The average Bonchev–Trinajstić information content (AvgIpc) is 2.73. The van der Waals surface area contributed by atoms with Crippen LogP contribution in [-0.4, -0.2) is 50.7 Å². The molecule has 1 aliphatic carbocycles. The minimum Gasteiger partial charge on any atom is -0.349 e. The molecule has 1 amide bonds. The number of carbonyl (C=O) groups is 1. The molecular weight excluding hydrogens is 374 g/mol. The minimum absolute atomic E-state index is 0.0245. The summed E-state index contributed by atoms with van der Waals surface area (Å²) >= 11 is 0. The summed E-state index contributed by atoms with van der Waals surface area (Å²) in [4.78, 5) is 14.6. The lowest BCUT2D eigenvalue weighted by Crippen LogP contribution is -2.50. The molecule has 1 aromatic carbocycles. The zero-order chi connectivity index (χ0) is 20.3. The van der Waals surface area contributed by atoms with Gasteiger partial charge in [0, 0.05) is 33.7 Å². The van der Waals surface area contributed by atoms with E-state index < -0.39 is 10.0 Å². The highest BCUT2D eigenvalue weighted by molar-refractivity contribution is 7.89. The summed E-state index contributed by atoms with van der Waals surface area (Å²) < 4.78 is 28.3. The third-order valence-electron chi connectivity index (χ3n) is 6.33. The first-order valence-corrected chi connectivity index (χ1v) is 11.8. The van der Waals surface area contributed by atoms with Crippen molar-refractivity contribution in [3.8, 4) is 0 Å². The molecule has 2 N–H and O–H groups in total. The maximum atomic E-state index is 13.4. The van der Waals surface area contributed by atoms with E-state index in [1.807, 2.05) is 6.07 Å². The topological polar surface area (TPSA) is 83.7 Å². The summed E-state index contributed by atoms with van der Waals surface area (Å²) in [6.07, 6.45) is 6.75. The monoisotopic (exact) mass is 407 g/mol. The molecule has 1 unspecified atom stereocenters. The number of rotatable bonds is 5. The third kappa shape index (κ3) is 4.58. The predicted molar refractivity (Wildman–Crippen MR) is 110 cm³/mol. The average molecular weight is 408 g/mol. The fourth-order valence-electron chi connectivity index (χ4n) is 4.77. The van der Waals surface area contributed by atoms with E-state index in [0.717, 1.165) is 24.8 Å². The molecule has 3 rings (SSSR count). The second-order valence-corrected chi connectivity index (χ2v) is 10.4. The van der Waals surface area contributed by atoms with Crippen LogP contribution in [0.2, 0.25) is 0 Å². The number of sulfonamides is 1. The van der Waals surface area contributed by atoms with Gasteiger partial charge in [-0.25, -0.2) is 8.42 Å². The first-order chi connectivity index (χ1) is 13.3. The van der Waals surface area contributed by atoms with Crippen LogP contribution in [0.5, 0.6) is 0 Å². The van der Waals surface area contributed by atoms with Gasteiger partial charge in [0.05, 0.1) is 10.8 Å². The molecule has 0 bridgehead atoms. The number of hydrogen-bond donors (Lipinski definition) is 1. The van der Waals surface area contributed by atoms with E-state index in [9.17, 15) is 13.2 Å². The quantitative estimate of drug-likeness (QED) is 0.813. The van der Waals surface area contributed by atoms with Crippen LogP contribution in [0.25, 0.3) is 0 Å². The molecule has 2 aliphatic rings. The van der Waals surface area contributed by atoms with Gasteiger partial charge in [-0.1, -0.05) is 44.2 Å². The van der Waals surface area contributed by atoms with Crippen molar-refractivity contribution in [2.45, 2.75) is 50.0 Å². The Bertz CT molecular complexity index is 788. The molecular formula is C21H33N3O3S. The van der Waals surface area contributed by atoms with Gasteiger partial charge in [0.25, 0.3) is 0 Å². The van der Waals surface area contributed by atoms with Crippen molar-refractivity contribution in [2.75, 3.05) is 27.2 Å². The van der Waals surface area contributed by atoms with Crippen molar-refractivity contribution in [3.63, 3.8) is 0 Å². The smallest absolute Gasteiger partial charge is 0.243 e. The number of piperidine rings is 1. The second-order valence-electron chi connectivity index (χ2n) is 8.50. The standard InChI is InChI=1S/C21H33N3O3S/c1-23(2)21(25)19-12-18(17-8-4-3-5-9-17)14-24(15-19)28(26,27)20-10-6-7-16(11-20)13-22/h6-7,10-11,17-19H,3-5,8-9,12-15,22H2,1-2H3/t18?,19-/m0/s1. The SMILES string of the molecule is CN(C)C(=O)[C@H]1CC(C2CCCCC2)CN(S(=O)(=O)c2cccc(CN)c2)C1. The van der Waals surface area contributed by atoms with E-state index in [1.54, 1.807) is 41.5 Å². The number of amides is 1. The predicted octanol–water partition coefficient (Wildman–Crippen LogP) is 2.44. The van der Waals surface area contributed by atoms with Gasteiger partial charge >= 0.3 is 0 Å². The van der Waals surface area contributed by atoms with Gasteiger partial charge in [0.2, 0.25) is 15.9 Å². The molecule has 156 valence electrons. The van der Waals surface area contributed by atoms with E-state index in [0.29, 0.717) is 19.0 Å². The Balaban J connectivity index is 1.89. The van der Waals surface area contributed by atoms with E-state index in [4.69, 9.17) is 5.73 Å². The molecule has 2 atom stereocenters. The van der Waals surface area contributed by atoms with Crippen LogP contribution in [0.4, 0.5) is 0 Å². The molecule has 6 nitrogen and oxygen atoms in total. The lowest BCUT2D eigenvalue weighted by Gasteiger charge is -2.41. The Morgan fingerprint density at radius 3 is 2.50 bits per heavy atom. The van der Waals surface area contributed by atoms with Gasteiger partial charge in [-0.2, -0.15) is 4.31 Å². The number of nitrogens with zero attached hydrogens (tertiary/aromatic N) is 2. The minimum atomic E-state index is -3.65. The first-order valence-electron chi connectivity index (χ1n) is 10.3. The highest BCUT2D eigenvalue weighted by atomic mass is 32.2. The lowest BCUT2D eigenvalue weighted by molar-refractivity contribution is -0.135. The molecule has 0 radical (unpaired) electrons. The van der Waals surface area contributed by atoms with Crippen molar-refractivity contribution in [2.24, 2.45) is 23.5 Å². The van der Waals surface area contributed by atoms with Crippen LogP contribution in [0, 0.1) is 17.8 Å². The molecule has 2 fully saturated rings. The molecule has 1 saturated heterocycles. The lowest BCUT2D eigenvalue weighted by atomic mass is 9.74. The molecule has 0 spiro atoms. The molecule has 1 heterocycles. The van der Waals surface area contributed by atoms with Crippen molar-refractivity contribution in [3.05, 3.63) is 29.8 Å². The molecule has 1 saturated carbocycles. The van der Waals surface area contributed by atoms with Crippen molar-refractivity contribution in [1.82, 2.24) is 9.21 Å². The number of hydrogen-bond acceptors (Lipinski definition) is 4. The molecule has 1 aromatic rings. The Morgan fingerprint density at radius 2 is 1.86 bits per heavy atom. The van der Waals surface area contributed by atoms with Gasteiger partial charge in [0.15, 0.2) is 0 Å². The summed E-state index contributed by atoms with van der Waals surface area (Å²) in [5.41, 5.74) is 6.49. The highest BCUT2D eigenvalue weighted by Gasteiger charge is 2.40. The molecule has 0 aromatic heterocycles. The zero-order valence-corrected chi connectivity index (χ0v) is 17.8. The van der Waals surface area contributed by atoms with Gasteiger partial charge in [-0.15, -0.1) is 0 Å². The number of nitrogens with two attached hydrogens (primary N) is 1. The van der Waals surface area contributed by atoms with Crippen LogP contribution >= 0.6 is 0 Å². The summed E-state index contributed by atoms with van der Waals surface area (Å²) in [6, 6.07) is 6.85. The van der Waals surface area contributed by atoms with E-state index >= 15 is 0 Å². The van der Waals surface area contributed by atoms with Gasteiger partial charge < -0.3 is 10.6 Å². The van der Waals surface area contributed by atoms with E-state index in [2.05, 4.69) is 0 Å². The van der Waals surface area contributed by atoms with Gasteiger partial charge in [-0.05, 0) is 36.0 Å². The van der Waals surface area contributed by atoms with Crippen LogP contribution in [0.15, 0.2) is 29.2 Å². The normalized spacial score (nSPS) is 24.8. The molecule has 7 heteroatoms. The summed E-state index contributed by atoms with van der Waals surface area (Å²) in [5, 5.41) is 0. The van der Waals surface area contributed by atoms with Gasteiger partial charge in [-0.3, -0.25) is 4.79 Å². The Hall–Kier alpha value is -1.44. The van der Waals surface area contributed by atoms with Crippen LogP contribution < -0.4 is 5.73 Å². The van der Waals surface area contributed by atoms with E-state index in [-0.39, 0.29) is 29.2 Å². The number of carbonyl (C=O) groups excluding carboxylic acids is 1. The van der Waals surface area contributed by atoms with Crippen LogP contribution in [0.1, 0.15) is 44.1 Å². The fraction of sp³-hybridized carbons (Fsp3) is 0.667. The van der Waals surface area contributed by atoms with E-state index in [1.165, 1.54) is 19.3 Å². The van der Waals surface area contributed by atoms with Gasteiger partial charge in [0.1, 0.15) is 0 Å². The molecule has 28 heavy (non-hydrogen) atoms. The van der Waals surface area contributed by atoms with Crippen molar-refractivity contribution < 1.29 is 13.2 Å². The fourth-order valence-corrected chi connectivity index (χ4v) is 6.38. The van der Waals surface area contributed by atoms with Crippen molar-refractivity contribution in [1.29, 1.82) is 0 Å². The third-order valence-corrected chi connectivity index (χ3v) is 8.16. The highest BCUT2D eigenvalue weighted by Crippen LogP contribution is 2.38.